The summed E-state index contributed by atoms with van der Waals surface area (Å²) in [5.41, 5.74) is 0.942. The van der Waals surface area contributed by atoms with Gasteiger partial charge in [-0.2, -0.15) is 0 Å². The lowest BCUT2D eigenvalue weighted by Gasteiger charge is -2.38. The monoisotopic (exact) mass is 524 g/mol. The number of likely N-dealkylation sites (tertiary alicyclic amines) is 1. The van der Waals surface area contributed by atoms with E-state index in [1.807, 2.05) is 36.2 Å². The van der Waals surface area contributed by atoms with E-state index in [9.17, 15) is 14.7 Å². The number of hydrogen-bond donors (Lipinski definition) is 4. The number of likely N-dealkylation sites (N-methyl/N-ethyl adjacent to an activating group) is 1. The van der Waals surface area contributed by atoms with Crippen LogP contribution in [-0.2, 0) is 9.47 Å². The van der Waals surface area contributed by atoms with Crippen LogP contribution in [0.3, 0.4) is 0 Å². The van der Waals surface area contributed by atoms with Crippen LogP contribution in [0, 0.1) is 11.8 Å². The fraction of sp³-hybridized carbons (Fsp3) is 0.692. The molecule has 0 bridgehead atoms. The first-order valence-electron chi connectivity index (χ1n) is 13.0. The van der Waals surface area contributed by atoms with Crippen LogP contribution < -0.4 is 16.0 Å². The summed E-state index contributed by atoms with van der Waals surface area (Å²) >= 11 is 6.27. The summed E-state index contributed by atoms with van der Waals surface area (Å²) in [4.78, 5) is 26.5. The number of aliphatic hydroxyl groups excluding tert-OH is 1. The Hall–Kier alpha value is -2.07. The van der Waals surface area contributed by atoms with Gasteiger partial charge in [0.25, 0.3) is 0 Å². The van der Waals surface area contributed by atoms with Gasteiger partial charge in [0, 0.05) is 37.1 Å². The molecule has 2 aliphatic rings. The van der Waals surface area contributed by atoms with Gasteiger partial charge < -0.3 is 35.4 Å². The molecule has 3 rings (SSSR count). The van der Waals surface area contributed by atoms with Gasteiger partial charge in [0.2, 0.25) is 0 Å². The second-order valence-electron chi connectivity index (χ2n) is 9.76. The van der Waals surface area contributed by atoms with Gasteiger partial charge in [-0.25, -0.2) is 9.59 Å². The Kier molecular flexibility index (Phi) is 11.6. The van der Waals surface area contributed by atoms with Crippen LogP contribution in [0.15, 0.2) is 24.3 Å². The molecule has 202 valence electrons. The van der Waals surface area contributed by atoms with E-state index < -0.39 is 12.2 Å². The van der Waals surface area contributed by atoms with Gasteiger partial charge in [0.05, 0.1) is 32.0 Å². The number of rotatable bonds is 11. The van der Waals surface area contributed by atoms with Crippen molar-refractivity contribution >= 4 is 23.7 Å². The molecule has 1 heterocycles. The minimum Gasteiger partial charge on any atom is -0.453 e. The van der Waals surface area contributed by atoms with E-state index >= 15 is 0 Å². The van der Waals surface area contributed by atoms with Crippen molar-refractivity contribution in [3.63, 3.8) is 0 Å². The highest BCUT2D eigenvalue weighted by Gasteiger charge is 2.34. The standard InChI is InChI=1S/C26H41ClN4O5/c1-28-16-22(23(32)18-7-3-4-8-18)30-25(33)31-13-6-10-20(17-31)24(19-9-5-11-21(27)15-19)36-14-12-29-26(34)35-2/h5,9,11,15,18,20,22-24,28,32H,3-4,6-8,10,12-14,16-17H2,1-2H3,(H,29,34)(H,30,33). The van der Waals surface area contributed by atoms with Gasteiger partial charge in [0.15, 0.2) is 0 Å². The zero-order chi connectivity index (χ0) is 25.9. The SMILES string of the molecule is CNCC(NC(=O)N1CCCC(C(OCCNC(=O)OC)c2cccc(Cl)c2)C1)C(O)C1CCCC1. The molecular weight excluding hydrogens is 484 g/mol. The Bertz CT molecular complexity index is 838. The number of carbonyl (C=O) groups excluding carboxylic acids is 2. The number of urea groups is 1. The lowest BCUT2D eigenvalue weighted by Crippen LogP contribution is -2.56. The Morgan fingerprint density at radius 3 is 2.64 bits per heavy atom. The molecule has 2 fully saturated rings. The lowest BCUT2D eigenvalue weighted by molar-refractivity contribution is -0.00920. The highest BCUT2D eigenvalue weighted by molar-refractivity contribution is 6.30. The highest BCUT2D eigenvalue weighted by Crippen LogP contribution is 2.34. The Balaban J connectivity index is 1.65. The Morgan fingerprint density at radius 2 is 1.94 bits per heavy atom. The summed E-state index contributed by atoms with van der Waals surface area (Å²) in [6.45, 7) is 2.31. The Labute approximate surface area is 219 Å². The maximum absolute atomic E-state index is 13.3. The first kappa shape index (κ1) is 28.5. The van der Waals surface area contributed by atoms with Crippen LogP contribution in [0.4, 0.5) is 9.59 Å². The molecule has 0 radical (unpaired) electrons. The van der Waals surface area contributed by atoms with Crippen molar-refractivity contribution in [3.8, 4) is 0 Å². The second kappa shape index (κ2) is 14.6. The predicted octanol–water partition coefficient (Wildman–Crippen LogP) is 3.31. The molecule has 0 spiro atoms. The number of alkyl carbamates (subject to hydrolysis) is 1. The van der Waals surface area contributed by atoms with E-state index in [-0.39, 0.29) is 30.0 Å². The van der Waals surface area contributed by atoms with Gasteiger partial charge in [-0.3, -0.25) is 0 Å². The number of methoxy groups -OCH3 is 1. The summed E-state index contributed by atoms with van der Waals surface area (Å²) in [5.74, 6) is 0.292. The molecule has 3 amide bonds. The van der Waals surface area contributed by atoms with Crippen molar-refractivity contribution in [2.24, 2.45) is 11.8 Å². The molecule has 9 nitrogen and oxygen atoms in total. The number of nitrogens with one attached hydrogen (secondary N) is 3. The molecule has 10 heteroatoms. The first-order chi connectivity index (χ1) is 17.4. The summed E-state index contributed by atoms with van der Waals surface area (Å²) in [6.07, 6.45) is 4.68. The summed E-state index contributed by atoms with van der Waals surface area (Å²) in [5, 5.41) is 20.4. The number of aliphatic hydroxyl groups is 1. The number of piperidine rings is 1. The quantitative estimate of drug-likeness (QED) is 0.330. The number of halogens is 1. The Morgan fingerprint density at radius 1 is 1.19 bits per heavy atom. The number of amides is 3. The molecule has 1 aliphatic carbocycles. The third-order valence-electron chi connectivity index (χ3n) is 7.23. The largest absolute Gasteiger partial charge is 0.453 e. The molecule has 0 aromatic heterocycles. The zero-order valence-corrected chi connectivity index (χ0v) is 22.1. The number of ether oxygens (including phenoxy) is 2. The molecule has 1 saturated carbocycles. The highest BCUT2D eigenvalue weighted by atomic mass is 35.5. The third-order valence-corrected chi connectivity index (χ3v) is 7.47. The number of hydrogen-bond acceptors (Lipinski definition) is 6. The van der Waals surface area contributed by atoms with E-state index in [1.54, 1.807) is 0 Å². The minimum absolute atomic E-state index is 0.0589. The van der Waals surface area contributed by atoms with Crippen LogP contribution in [0.1, 0.15) is 50.2 Å². The van der Waals surface area contributed by atoms with Crippen molar-refractivity contribution < 1.29 is 24.2 Å². The lowest BCUT2D eigenvalue weighted by atomic mass is 9.88. The predicted molar refractivity (Wildman–Crippen MR) is 139 cm³/mol. The number of nitrogens with zero attached hydrogens (tertiary/aromatic N) is 1. The van der Waals surface area contributed by atoms with Crippen molar-refractivity contribution in [1.82, 2.24) is 20.9 Å². The van der Waals surface area contributed by atoms with Gasteiger partial charge in [-0.1, -0.05) is 36.6 Å². The zero-order valence-electron chi connectivity index (χ0n) is 21.4. The van der Waals surface area contributed by atoms with Gasteiger partial charge >= 0.3 is 12.1 Å². The van der Waals surface area contributed by atoms with Crippen LogP contribution in [0.25, 0.3) is 0 Å². The topological polar surface area (TPSA) is 112 Å². The van der Waals surface area contributed by atoms with Gasteiger partial charge in [0.1, 0.15) is 0 Å². The van der Waals surface area contributed by atoms with E-state index in [0.717, 1.165) is 44.1 Å². The maximum Gasteiger partial charge on any atom is 0.406 e. The minimum atomic E-state index is -0.561. The van der Waals surface area contributed by atoms with Crippen LogP contribution in [-0.4, -0.2) is 81.2 Å². The van der Waals surface area contributed by atoms with Crippen molar-refractivity contribution in [2.75, 3.05) is 46.9 Å². The average Bonchev–Trinajstić information content (AvgIpc) is 3.43. The molecule has 1 aromatic carbocycles. The van der Waals surface area contributed by atoms with E-state index in [0.29, 0.717) is 37.8 Å². The number of benzene rings is 1. The van der Waals surface area contributed by atoms with Crippen molar-refractivity contribution in [3.05, 3.63) is 34.9 Å². The van der Waals surface area contributed by atoms with Crippen LogP contribution >= 0.6 is 11.6 Å². The van der Waals surface area contributed by atoms with Gasteiger partial charge in [-0.05, 0) is 56.3 Å². The van der Waals surface area contributed by atoms with E-state index in [4.69, 9.17) is 16.3 Å². The van der Waals surface area contributed by atoms with Crippen molar-refractivity contribution in [1.29, 1.82) is 0 Å². The van der Waals surface area contributed by atoms with Gasteiger partial charge in [-0.15, -0.1) is 0 Å². The molecule has 1 aliphatic heterocycles. The van der Waals surface area contributed by atoms with E-state index in [2.05, 4.69) is 20.7 Å². The summed E-state index contributed by atoms with van der Waals surface area (Å²) in [7, 11) is 3.15. The number of carbonyl (C=O) groups is 2. The van der Waals surface area contributed by atoms with Crippen molar-refractivity contribution in [2.45, 2.75) is 56.8 Å². The molecule has 1 saturated heterocycles. The maximum atomic E-state index is 13.3. The molecular formula is C26H41ClN4O5. The summed E-state index contributed by atoms with van der Waals surface area (Å²) < 4.78 is 10.8. The average molecular weight is 525 g/mol. The molecule has 4 unspecified atom stereocenters. The normalized spacial score (nSPS) is 21.0. The van der Waals surface area contributed by atoms with Crippen LogP contribution in [0.5, 0.6) is 0 Å². The molecule has 1 aromatic rings. The second-order valence-corrected chi connectivity index (χ2v) is 10.2. The fourth-order valence-corrected chi connectivity index (χ4v) is 5.59. The van der Waals surface area contributed by atoms with Crippen LogP contribution in [0.2, 0.25) is 5.02 Å². The molecule has 4 N–H and O–H groups in total. The summed E-state index contributed by atoms with van der Waals surface area (Å²) in [6, 6.07) is 7.08. The third kappa shape index (κ3) is 8.23. The molecule has 36 heavy (non-hydrogen) atoms. The van der Waals surface area contributed by atoms with E-state index in [1.165, 1.54) is 7.11 Å². The molecule has 4 atom stereocenters. The smallest absolute Gasteiger partial charge is 0.406 e. The fourth-order valence-electron chi connectivity index (χ4n) is 5.40. The first-order valence-corrected chi connectivity index (χ1v) is 13.4.